The molecule has 0 aromatic carbocycles. The van der Waals surface area contributed by atoms with Gasteiger partial charge in [0.1, 0.15) is 6.54 Å². The molecule has 1 heterocycles. The number of methoxy groups -OCH3 is 1. The summed E-state index contributed by atoms with van der Waals surface area (Å²) in [5, 5.41) is 0. The van der Waals surface area contributed by atoms with Gasteiger partial charge >= 0.3 is 13.5 Å². The summed E-state index contributed by atoms with van der Waals surface area (Å²) in [5.41, 5.74) is 0.585. The Hall–Kier alpha value is -1.60. The Kier molecular flexibility index (Phi) is 10.1. The maximum absolute atomic E-state index is 11.0. The standard InChI is InChI=1S/C9H12NO2.BF3.FH/c1-3-10-6-4-8(5-7-10)9(11)12-2;2-1(3)4;/h4-7H,3H2,1-2H3;;1H/q+1;;/p-1. The molecule has 0 unspecified atom stereocenters. The predicted molar refractivity (Wildman–Crippen MR) is 52.7 cm³/mol. The first-order valence-electron chi connectivity index (χ1n) is 4.50. The third kappa shape index (κ3) is 8.24. The van der Waals surface area contributed by atoms with Gasteiger partial charge in [0.15, 0.2) is 12.4 Å². The van der Waals surface area contributed by atoms with Crippen molar-refractivity contribution >= 4 is 13.5 Å². The zero-order valence-corrected chi connectivity index (χ0v) is 9.37. The van der Waals surface area contributed by atoms with Crippen LogP contribution in [0.4, 0.5) is 12.9 Å². The van der Waals surface area contributed by atoms with Crippen molar-refractivity contribution < 1.29 is 31.7 Å². The van der Waals surface area contributed by atoms with Gasteiger partial charge in [-0.25, -0.2) is 9.36 Å². The Morgan fingerprint density at radius 3 is 2.06 bits per heavy atom. The highest BCUT2D eigenvalue weighted by atomic mass is 19.4. The highest BCUT2D eigenvalue weighted by molar-refractivity contribution is 6.33. The van der Waals surface area contributed by atoms with E-state index in [2.05, 4.69) is 4.74 Å². The smallest absolute Gasteiger partial charge is 0.762 e. The van der Waals surface area contributed by atoms with Crippen LogP contribution in [0.15, 0.2) is 24.5 Å². The molecule has 0 saturated heterocycles. The van der Waals surface area contributed by atoms with Crippen LogP contribution >= 0.6 is 0 Å². The van der Waals surface area contributed by atoms with Crippen molar-refractivity contribution in [3.8, 4) is 0 Å². The molecule has 0 spiro atoms. The maximum atomic E-state index is 11.0. The predicted octanol–water partition coefficient (Wildman–Crippen LogP) is -1.34. The molecule has 1 aromatic rings. The first-order chi connectivity index (χ1) is 7.51. The average Bonchev–Trinajstić information content (AvgIpc) is 2.27. The summed E-state index contributed by atoms with van der Waals surface area (Å²) in [6.07, 6.45) is 3.71. The Balaban J connectivity index is 0. The van der Waals surface area contributed by atoms with Crippen LogP contribution in [-0.4, -0.2) is 20.6 Å². The van der Waals surface area contributed by atoms with E-state index in [-0.39, 0.29) is 10.7 Å². The summed E-state index contributed by atoms with van der Waals surface area (Å²) in [5.74, 6) is -0.293. The van der Waals surface area contributed by atoms with E-state index >= 15 is 0 Å². The summed E-state index contributed by atoms with van der Waals surface area (Å²) in [6, 6.07) is 3.49. The number of halogens is 4. The molecule has 0 atom stereocenters. The molecule has 1 rings (SSSR count). The van der Waals surface area contributed by atoms with E-state index in [9.17, 15) is 17.7 Å². The number of hydrogen-bond donors (Lipinski definition) is 0. The van der Waals surface area contributed by atoms with Gasteiger partial charge in [-0.2, -0.15) is 0 Å². The topological polar surface area (TPSA) is 30.2 Å². The van der Waals surface area contributed by atoms with Crippen molar-refractivity contribution in [1.82, 2.24) is 0 Å². The van der Waals surface area contributed by atoms with Gasteiger partial charge < -0.3 is 9.44 Å². The molecule has 3 nitrogen and oxygen atoms in total. The Bertz CT molecular complexity index is 319. The van der Waals surface area contributed by atoms with Crippen LogP contribution in [-0.2, 0) is 11.3 Å². The fourth-order valence-electron chi connectivity index (χ4n) is 0.922. The molecule has 1 aromatic heterocycles. The van der Waals surface area contributed by atoms with Crippen LogP contribution in [0.25, 0.3) is 0 Å². The lowest BCUT2D eigenvalue weighted by Crippen LogP contribution is -3.00. The van der Waals surface area contributed by atoms with Crippen molar-refractivity contribution in [2.75, 3.05) is 7.11 Å². The van der Waals surface area contributed by atoms with E-state index in [0.717, 1.165) is 6.54 Å². The molecule has 96 valence electrons. The molecule has 0 radical (unpaired) electrons. The zero-order valence-electron chi connectivity index (χ0n) is 9.37. The van der Waals surface area contributed by atoms with Crippen LogP contribution in [0.3, 0.4) is 0 Å². The van der Waals surface area contributed by atoms with E-state index in [1.165, 1.54) is 7.11 Å². The quantitative estimate of drug-likeness (QED) is 0.283. The molecule has 8 heteroatoms. The van der Waals surface area contributed by atoms with Crippen LogP contribution in [0, 0.1) is 0 Å². The summed E-state index contributed by atoms with van der Waals surface area (Å²) in [4.78, 5) is 11.0. The number of esters is 1. The summed E-state index contributed by atoms with van der Waals surface area (Å²) in [6.45, 7) is 2.94. The van der Waals surface area contributed by atoms with E-state index < -0.39 is 7.54 Å². The van der Waals surface area contributed by atoms with Gasteiger partial charge in [0.2, 0.25) is 0 Å². The zero-order chi connectivity index (χ0) is 12.6. The number of aromatic nitrogens is 1. The van der Waals surface area contributed by atoms with Crippen molar-refractivity contribution in [3.63, 3.8) is 0 Å². The minimum atomic E-state index is -3.67. The van der Waals surface area contributed by atoms with Gasteiger partial charge in [-0.3, -0.25) is 12.9 Å². The summed E-state index contributed by atoms with van der Waals surface area (Å²) in [7, 11) is -2.29. The number of aryl methyl sites for hydroxylation is 1. The second-order valence-electron chi connectivity index (χ2n) is 2.66. The van der Waals surface area contributed by atoms with E-state index in [4.69, 9.17) is 0 Å². The van der Waals surface area contributed by atoms with Crippen molar-refractivity contribution in [2.45, 2.75) is 13.5 Å². The summed E-state index contributed by atoms with van der Waals surface area (Å²) >= 11 is 0. The first-order valence-corrected chi connectivity index (χ1v) is 4.50. The average molecular weight is 253 g/mol. The summed E-state index contributed by atoms with van der Waals surface area (Å²) < 4.78 is 35.5. The van der Waals surface area contributed by atoms with Gasteiger partial charge in [0.05, 0.1) is 12.7 Å². The fraction of sp³-hybridized carbons (Fsp3) is 0.333. The van der Waals surface area contributed by atoms with Gasteiger partial charge in [-0.05, 0) is 6.92 Å². The van der Waals surface area contributed by atoms with E-state index in [1.807, 2.05) is 23.9 Å². The lowest BCUT2D eigenvalue weighted by atomic mass is 10.3. The van der Waals surface area contributed by atoms with Crippen molar-refractivity contribution in [3.05, 3.63) is 30.1 Å². The molecular weight excluding hydrogens is 241 g/mol. The number of rotatable bonds is 2. The number of ether oxygens (including phenoxy) is 1. The molecule has 0 aliphatic heterocycles. The molecule has 0 saturated carbocycles. The fourth-order valence-corrected chi connectivity index (χ4v) is 0.922. The number of nitrogens with zero attached hydrogens (tertiary/aromatic N) is 1. The minimum absolute atomic E-state index is 0. The molecule has 0 amide bonds. The largest absolute Gasteiger partial charge is 1.00 e. The molecule has 0 fully saturated rings. The maximum Gasteiger partial charge on any atom is 0.762 e. The van der Waals surface area contributed by atoms with E-state index in [1.54, 1.807) is 12.1 Å². The lowest BCUT2D eigenvalue weighted by molar-refractivity contribution is -0.693. The highest BCUT2D eigenvalue weighted by Crippen LogP contribution is 1.96. The van der Waals surface area contributed by atoms with Gasteiger partial charge in [0, 0.05) is 12.1 Å². The van der Waals surface area contributed by atoms with Crippen LogP contribution in [0.1, 0.15) is 17.3 Å². The van der Waals surface area contributed by atoms with Crippen molar-refractivity contribution in [2.24, 2.45) is 0 Å². The number of carbonyl (C=O) groups excluding carboxylic acids is 1. The molecule has 0 aliphatic rings. The normalized spacial score (nSPS) is 8.29. The van der Waals surface area contributed by atoms with Crippen LogP contribution in [0.5, 0.6) is 0 Å². The second-order valence-corrected chi connectivity index (χ2v) is 2.66. The second kappa shape index (κ2) is 9.62. The van der Waals surface area contributed by atoms with E-state index in [0.29, 0.717) is 5.56 Å². The van der Waals surface area contributed by atoms with Crippen LogP contribution < -0.4 is 9.27 Å². The molecule has 17 heavy (non-hydrogen) atoms. The molecule has 0 aliphatic carbocycles. The number of pyridine rings is 1. The highest BCUT2D eigenvalue weighted by Gasteiger charge is 2.06. The number of carbonyl (C=O) groups is 1. The van der Waals surface area contributed by atoms with Crippen molar-refractivity contribution in [1.29, 1.82) is 0 Å². The Morgan fingerprint density at radius 2 is 1.76 bits per heavy atom. The number of hydrogen-bond acceptors (Lipinski definition) is 2. The first kappa shape index (κ1) is 17.8. The van der Waals surface area contributed by atoms with Gasteiger partial charge in [0.25, 0.3) is 0 Å². The minimum Gasteiger partial charge on any atom is -1.00 e. The molecule has 0 bridgehead atoms. The third-order valence-corrected chi connectivity index (χ3v) is 1.68. The molecular formula is C9H12BF4NO2. The van der Waals surface area contributed by atoms with Crippen LogP contribution in [0.2, 0.25) is 0 Å². The monoisotopic (exact) mass is 253 g/mol. The third-order valence-electron chi connectivity index (χ3n) is 1.68. The Labute approximate surface area is 96.8 Å². The molecule has 0 N–H and O–H groups in total. The lowest BCUT2D eigenvalue weighted by Gasteiger charge is -1.96. The Morgan fingerprint density at radius 1 is 1.35 bits per heavy atom. The van der Waals surface area contributed by atoms with Gasteiger partial charge in [-0.15, -0.1) is 0 Å². The van der Waals surface area contributed by atoms with Gasteiger partial charge in [-0.1, -0.05) is 0 Å². The SMILES string of the molecule is CC[n+]1ccc(C(=O)OC)cc1.FB(F)F.[F-].